The van der Waals surface area contributed by atoms with Crippen LogP contribution in [0.2, 0.25) is 0 Å². The number of aryl methyl sites for hydroxylation is 1. The summed E-state index contributed by atoms with van der Waals surface area (Å²) in [6, 6.07) is 0. The van der Waals surface area contributed by atoms with Gasteiger partial charge in [-0.05, 0) is 12.2 Å². The molecule has 0 radical (unpaired) electrons. The van der Waals surface area contributed by atoms with Crippen molar-refractivity contribution in [3.05, 3.63) is 4.77 Å². The van der Waals surface area contributed by atoms with Crippen LogP contribution >= 0.6 is 12.2 Å². The molecule has 5 heteroatoms. The van der Waals surface area contributed by atoms with Crippen LogP contribution in [0, 0.1) is 4.77 Å². The monoisotopic (exact) mass is 119 g/mol. The molecule has 0 aliphatic rings. The lowest BCUT2D eigenvalue weighted by molar-refractivity contribution is 0.705. The Kier molecular flexibility index (Phi) is 0.413. The molecule has 0 aliphatic carbocycles. The first-order valence-corrected chi connectivity index (χ1v) is 1.93. The second-order valence-corrected chi connectivity index (χ2v) is 1.28. The molecule has 0 aliphatic heterocycles. The van der Waals surface area contributed by atoms with Crippen LogP contribution in [0.3, 0.4) is 0 Å². The van der Waals surface area contributed by atoms with Gasteiger partial charge in [-0.15, -0.1) is 0 Å². The summed E-state index contributed by atoms with van der Waals surface area (Å²) < 4.78 is 21.2. The van der Waals surface area contributed by atoms with E-state index in [4.69, 9.17) is 4.11 Å². The summed E-state index contributed by atoms with van der Waals surface area (Å²) in [5, 5.41) is 8.64. The van der Waals surface area contributed by atoms with Gasteiger partial charge in [0.15, 0.2) is 0 Å². The van der Waals surface area contributed by atoms with Crippen molar-refractivity contribution in [1.29, 1.82) is 0 Å². The zero-order valence-corrected chi connectivity index (χ0v) is 4.07. The van der Waals surface area contributed by atoms with E-state index in [1.165, 1.54) is 0 Å². The highest BCUT2D eigenvalue weighted by Gasteiger charge is 1.79. The summed E-state index contributed by atoms with van der Waals surface area (Å²) in [7, 11) is 0. The second-order valence-electron chi connectivity index (χ2n) is 0.918. The van der Waals surface area contributed by atoms with Crippen molar-refractivity contribution in [1.82, 2.24) is 20.2 Å². The number of aromatic amines is 1. The molecule has 1 rings (SSSR count). The normalized spacial score (nSPS) is 17.4. The highest BCUT2D eigenvalue weighted by molar-refractivity contribution is 7.71. The maximum absolute atomic E-state index is 6.85. The molecule has 0 fully saturated rings. The summed E-state index contributed by atoms with van der Waals surface area (Å²) in [5.41, 5.74) is 0. The highest BCUT2D eigenvalue weighted by Crippen LogP contribution is 1.71. The van der Waals surface area contributed by atoms with E-state index < -0.39 is 6.98 Å². The number of hydrogen-bond donors (Lipinski definition) is 1. The van der Waals surface area contributed by atoms with Crippen LogP contribution in [0.1, 0.15) is 4.11 Å². The zero-order chi connectivity index (χ0) is 7.78. The fourth-order valence-corrected chi connectivity index (χ4v) is 0.279. The largest absolute Gasteiger partial charge is 0.246 e. The van der Waals surface area contributed by atoms with E-state index in [9.17, 15) is 0 Å². The lowest BCUT2D eigenvalue weighted by Gasteiger charge is -1.77. The molecule has 38 valence electrons. The number of tetrazole rings is 1. The fraction of sp³-hybridized carbons (Fsp3) is 0.500. The molecule has 0 aromatic carbocycles. The third-order valence-corrected chi connectivity index (χ3v) is 0.736. The Morgan fingerprint density at radius 3 is 3.29 bits per heavy atom. The standard InChI is InChI=1S/C2H4N4S/c1-6-2(7)3-4-5-6/h1H3,(H,3,5,7)/i1D3. The van der Waals surface area contributed by atoms with Gasteiger partial charge in [-0.1, -0.05) is 10.3 Å². The maximum atomic E-state index is 6.85. The van der Waals surface area contributed by atoms with Gasteiger partial charge in [0.25, 0.3) is 0 Å². The SMILES string of the molecule is [2H]C([2H])([2H])n1[nH]nnc1=S. The van der Waals surface area contributed by atoms with Gasteiger partial charge in [0.05, 0.1) is 0 Å². The lowest BCUT2D eigenvalue weighted by Crippen LogP contribution is -1.88. The predicted octanol–water partition coefficient (Wildman–Crippen LogP) is -0.127. The van der Waals surface area contributed by atoms with E-state index in [2.05, 4.69) is 27.7 Å². The fourth-order valence-electron chi connectivity index (χ4n) is 0.197. The summed E-state index contributed by atoms with van der Waals surface area (Å²) in [4.78, 5) is 0. The van der Waals surface area contributed by atoms with Crippen molar-refractivity contribution in [3.8, 4) is 0 Å². The Bertz CT molecular complexity index is 271. The van der Waals surface area contributed by atoms with Crippen LogP contribution in [-0.4, -0.2) is 20.2 Å². The van der Waals surface area contributed by atoms with Crippen LogP contribution in [0.5, 0.6) is 0 Å². The van der Waals surface area contributed by atoms with Crippen LogP contribution in [0.4, 0.5) is 0 Å². The van der Waals surface area contributed by atoms with Crippen LogP contribution in [-0.2, 0) is 6.98 Å². The number of H-pyrrole nitrogens is 1. The molecule has 0 amide bonds. The molecular weight excluding hydrogens is 112 g/mol. The number of rotatable bonds is 0. The molecular formula is C2H4N4S. The van der Waals surface area contributed by atoms with Gasteiger partial charge in [0, 0.05) is 11.1 Å². The topological polar surface area (TPSA) is 46.5 Å². The van der Waals surface area contributed by atoms with Gasteiger partial charge in [0.1, 0.15) is 0 Å². The molecule has 1 aromatic rings. The van der Waals surface area contributed by atoms with Crippen LogP contribution < -0.4 is 0 Å². The number of aromatic nitrogens is 4. The van der Waals surface area contributed by atoms with Crippen molar-refractivity contribution < 1.29 is 4.11 Å². The Morgan fingerprint density at radius 2 is 3.00 bits per heavy atom. The van der Waals surface area contributed by atoms with Crippen molar-refractivity contribution in [2.45, 2.75) is 0 Å². The second kappa shape index (κ2) is 1.42. The molecule has 4 nitrogen and oxygen atoms in total. The molecule has 0 saturated carbocycles. The summed E-state index contributed by atoms with van der Waals surface area (Å²) in [6.45, 7) is -2.30. The molecule has 1 N–H and O–H groups in total. The first-order valence-electron chi connectivity index (χ1n) is 3.02. The first-order chi connectivity index (χ1) is 4.52. The Morgan fingerprint density at radius 1 is 2.14 bits per heavy atom. The minimum Gasteiger partial charge on any atom is -0.246 e. The van der Waals surface area contributed by atoms with Gasteiger partial charge in [0.2, 0.25) is 4.77 Å². The third-order valence-electron chi connectivity index (χ3n) is 0.472. The van der Waals surface area contributed by atoms with Crippen molar-refractivity contribution in [2.24, 2.45) is 6.98 Å². The highest BCUT2D eigenvalue weighted by atomic mass is 32.1. The Labute approximate surface area is 49.4 Å². The minimum atomic E-state index is -2.30. The minimum absolute atomic E-state index is 0.0694. The molecule has 1 aromatic heterocycles. The van der Waals surface area contributed by atoms with E-state index >= 15 is 0 Å². The molecule has 0 saturated heterocycles. The van der Waals surface area contributed by atoms with E-state index in [-0.39, 0.29) is 4.77 Å². The van der Waals surface area contributed by atoms with Gasteiger partial charge < -0.3 is 0 Å². The van der Waals surface area contributed by atoms with E-state index in [1.807, 2.05) is 0 Å². The smallest absolute Gasteiger partial charge is 0.237 e. The maximum Gasteiger partial charge on any atom is 0.237 e. The van der Waals surface area contributed by atoms with Gasteiger partial charge >= 0.3 is 0 Å². The summed E-state index contributed by atoms with van der Waals surface area (Å²) >= 11 is 4.53. The molecule has 0 atom stereocenters. The van der Waals surface area contributed by atoms with Gasteiger partial charge in [-0.3, -0.25) is 0 Å². The van der Waals surface area contributed by atoms with E-state index in [0.717, 1.165) is 4.68 Å². The third kappa shape index (κ3) is 0.663. The van der Waals surface area contributed by atoms with Crippen molar-refractivity contribution in [3.63, 3.8) is 0 Å². The van der Waals surface area contributed by atoms with Crippen molar-refractivity contribution >= 4 is 12.2 Å². The molecule has 0 unspecified atom stereocenters. The first kappa shape index (κ1) is 2.04. The molecule has 7 heavy (non-hydrogen) atoms. The van der Waals surface area contributed by atoms with Gasteiger partial charge in [-0.25, -0.2) is 4.68 Å². The average molecular weight is 119 g/mol. The quantitative estimate of drug-likeness (QED) is 0.484. The van der Waals surface area contributed by atoms with Crippen LogP contribution in [0.25, 0.3) is 0 Å². The van der Waals surface area contributed by atoms with Crippen molar-refractivity contribution in [2.75, 3.05) is 0 Å². The lowest BCUT2D eigenvalue weighted by atomic mass is 11.2. The average Bonchev–Trinajstić information content (AvgIpc) is 2.11. The van der Waals surface area contributed by atoms with E-state index in [0.29, 0.717) is 0 Å². The Hall–Kier alpha value is -0.710. The Balaban J connectivity index is 3.18. The predicted molar refractivity (Wildman–Crippen MR) is 26.2 cm³/mol. The zero-order valence-electron chi connectivity index (χ0n) is 6.25. The number of nitrogens with zero attached hydrogens (tertiary/aromatic N) is 3. The summed E-state index contributed by atoms with van der Waals surface area (Å²) in [5.74, 6) is 0. The number of nitrogens with one attached hydrogen (secondary N) is 1. The molecule has 0 bridgehead atoms. The van der Waals surface area contributed by atoms with Crippen LogP contribution in [0.15, 0.2) is 0 Å². The van der Waals surface area contributed by atoms with Gasteiger partial charge in [-0.2, -0.15) is 5.21 Å². The number of hydrogen-bond acceptors (Lipinski definition) is 3. The van der Waals surface area contributed by atoms with E-state index in [1.54, 1.807) is 0 Å². The molecule has 1 heterocycles. The molecule has 0 spiro atoms. The summed E-state index contributed by atoms with van der Waals surface area (Å²) in [6.07, 6.45) is 0.